The summed E-state index contributed by atoms with van der Waals surface area (Å²) in [6, 6.07) is 17.0. The van der Waals surface area contributed by atoms with Crippen molar-refractivity contribution in [3.63, 3.8) is 0 Å². The molecule has 0 aliphatic carbocycles. The predicted molar refractivity (Wildman–Crippen MR) is 133 cm³/mol. The smallest absolute Gasteiger partial charge is 0.271 e. The first-order valence-corrected chi connectivity index (χ1v) is 10.5. The number of hydrogen-bond donors (Lipinski definition) is 3. The molecule has 2 atom stereocenters. The van der Waals surface area contributed by atoms with Gasteiger partial charge in [0.15, 0.2) is 5.75 Å². The SMILES string of the molecule is COc1ccc(C(N[C@H](C)c2cc(F)cc(F)c2)c2cccc(Nc3c(O)c(=O)c3=O)c2)cc1.Cl. The molecule has 3 N–H and O–H groups in total. The van der Waals surface area contributed by atoms with Crippen LogP contribution in [0.3, 0.4) is 0 Å². The number of aromatic hydroxyl groups is 1. The minimum absolute atomic E-state index is 0. The summed E-state index contributed by atoms with van der Waals surface area (Å²) in [4.78, 5) is 23.0. The summed E-state index contributed by atoms with van der Waals surface area (Å²) < 4.78 is 32.8. The molecule has 35 heavy (non-hydrogen) atoms. The molecule has 9 heteroatoms. The molecule has 0 bridgehead atoms. The average molecular weight is 501 g/mol. The minimum Gasteiger partial charge on any atom is -0.502 e. The zero-order chi connectivity index (χ0) is 24.4. The van der Waals surface area contributed by atoms with Crippen LogP contribution in [-0.2, 0) is 0 Å². The Kier molecular flexibility index (Phi) is 7.89. The molecule has 0 spiro atoms. The number of benzene rings is 3. The molecule has 4 aromatic carbocycles. The number of methoxy groups -OCH3 is 1. The van der Waals surface area contributed by atoms with Crippen LogP contribution < -0.4 is 26.2 Å². The molecular formula is C26H23ClF2N2O4. The van der Waals surface area contributed by atoms with E-state index in [2.05, 4.69) is 10.6 Å². The van der Waals surface area contributed by atoms with Crippen LogP contribution in [-0.4, -0.2) is 12.2 Å². The third-order valence-corrected chi connectivity index (χ3v) is 5.63. The first kappa shape index (κ1) is 25.9. The van der Waals surface area contributed by atoms with Gasteiger partial charge >= 0.3 is 0 Å². The zero-order valence-corrected chi connectivity index (χ0v) is 19.7. The maximum atomic E-state index is 13.8. The van der Waals surface area contributed by atoms with Crippen molar-refractivity contribution in [2.75, 3.05) is 12.4 Å². The van der Waals surface area contributed by atoms with E-state index in [-0.39, 0.29) is 18.1 Å². The lowest BCUT2D eigenvalue weighted by atomic mass is 9.96. The Balaban J connectivity index is 0.00000342. The first-order valence-electron chi connectivity index (χ1n) is 10.5. The second kappa shape index (κ2) is 10.7. The van der Waals surface area contributed by atoms with E-state index in [1.165, 1.54) is 12.1 Å². The van der Waals surface area contributed by atoms with Crippen LogP contribution in [0.15, 0.2) is 76.3 Å². The van der Waals surface area contributed by atoms with E-state index in [9.17, 15) is 23.5 Å². The molecule has 0 aliphatic heterocycles. The van der Waals surface area contributed by atoms with Crippen LogP contribution in [0.4, 0.5) is 20.2 Å². The number of rotatable bonds is 8. The van der Waals surface area contributed by atoms with Gasteiger partial charge in [-0.25, -0.2) is 8.78 Å². The van der Waals surface area contributed by atoms with Gasteiger partial charge < -0.3 is 15.2 Å². The van der Waals surface area contributed by atoms with Crippen molar-refractivity contribution >= 4 is 23.8 Å². The van der Waals surface area contributed by atoms with Crippen LogP contribution in [0, 0.1) is 11.6 Å². The topological polar surface area (TPSA) is 87.7 Å². The summed E-state index contributed by atoms with van der Waals surface area (Å²) in [5.74, 6) is -1.25. The summed E-state index contributed by atoms with van der Waals surface area (Å²) in [6.07, 6.45) is 0. The number of nitrogens with one attached hydrogen (secondary N) is 2. The fraction of sp³-hybridized carbons (Fsp3) is 0.154. The third kappa shape index (κ3) is 5.50. The van der Waals surface area contributed by atoms with Crippen LogP contribution in [0.1, 0.15) is 35.7 Å². The van der Waals surface area contributed by atoms with Gasteiger partial charge in [0.2, 0.25) is 0 Å². The zero-order valence-electron chi connectivity index (χ0n) is 18.8. The first-order chi connectivity index (χ1) is 16.3. The van der Waals surface area contributed by atoms with E-state index < -0.39 is 40.3 Å². The normalized spacial score (nSPS) is 12.6. The Morgan fingerprint density at radius 2 is 1.51 bits per heavy atom. The van der Waals surface area contributed by atoms with Crippen LogP contribution in [0.5, 0.6) is 11.5 Å². The van der Waals surface area contributed by atoms with E-state index in [4.69, 9.17) is 4.74 Å². The fourth-order valence-electron chi connectivity index (χ4n) is 3.79. The molecule has 0 heterocycles. The number of ether oxygens (including phenoxy) is 1. The Bertz CT molecular complexity index is 1380. The highest BCUT2D eigenvalue weighted by Crippen LogP contribution is 2.30. The maximum Gasteiger partial charge on any atom is 0.271 e. The van der Waals surface area contributed by atoms with E-state index in [0.29, 0.717) is 17.0 Å². The van der Waals surface area contributed by atoms with Gasteiger partial charge in [-0.05, 0) is 60.0 Å². The minimum atomic E-state index is -0.924. The van der Waals surface area contributed by atoms with E-state index in [0.717, 1.165) is 17.2 Å². The number of anilines is 2. The van der Waals surface area contributed by atoms with Crippen LogP contribution >= 0.6 is 12.4 Å². The molecule has 1 unspecified atom stereocenters. The molecule has 6 nitrogen and oxygen atoms in total. The molecule has 4 rings (SSSR count). The molecule has 4 aromatic rings. The molecule has 182 valence electrons. The van der Waals surface area contributed by atoms with E-state index >= 15 is 0 Å². The highest BCUT2D eigenvalue weighted by Gasteiger charge is 2.22. The summed E-state index contributed by atoms with van der Waals surface area (Å²) >= 11 is 0. The quantitative estimate of drug-likeness (QED) is 0.299. The number of hydrogen-bond acceptors (Lipinski definition) is 6. The van der Waals surface area contributed by atoms with Gasteiger partial charge in [0, 0.05) is 17.8 Å². The highest BCUT2D eigenvalue weighted by molar-refractivity contribution is 5.85. The van der Waals surface area contributed by atoms with Crippen LogP contribution in [0.2, 0.25) is 0 Å². The van der Waals surface area contributed by atoms with Gasteiger partial charge in [0.1, 0.15) is 23.1 Å². The summed E-state index contributed by atoms with van der Waals surface area (Å²) in [6.45, 7) is 1.80. The largest absolute Gasteiger partial charge is 0.502 e. The predicted octanol–water partition coefficient (Wildman–Crippen LogP) is 4.88. The summed E-state index contributed by atoms with van der Waals surface area (Å²) in [7, 11) is 1.57. The summed E-state index contributed by atoms with van der Waals surface area (Å²) in [5, 5.41) is 15.9. The molecule has 0 aliphatic rings. The van der Waals surface area contributed by atoms with E-state index in [1.807, 2.05) is 18.2 Å². The Hall–Kier alpha value is -3.75. The standard InChI is InChI=1S/C26H22F2N2O4.ClH/c1-14(17-10-18(27)13-19(28)11-17)29-22(15-6-8-21(34-2)9-7-15)16-4-3-5-20(12-16)30-23-24(31)26(33)25(23)32;/h3-14,22,29-31H,1-2H3;1H/t14-,22?;/m1./s1. The lowest BCUT2D eigenvalue weighted by molar-refractivity contribution is 0.414. The Morgan fingerprint density at radius 3 is 2.11 bits per heavy atom. The van der Waals surface area contributed by atoms with Crippen molar-refractivity contribution < 1.29 is 18.6 Å². The maximum absolute atomic E-state index is 13.8. The molecule has 0 radical (unpaired) electrons. The van der Waals surface area contributed by atoms with Crippen LogP contribution in [0.25, 0.3) is 0 Å². The highest BCUT2D eigenvalue weighted by atomic mass is 35.5. The van der Waals surface area contributed by atoms with Gasteiger partial charge in [-0.1, -0.05) is 24.3 Å². The molecular weight excluding hydrogens is 478 g/mol. The monoisotopic (exact) mass is 500 g/mol. The van der Waals surface area contributed by atoms with Gasteiger partial charge in [-0.2, -0.15) is 0 Å². The molecule has 0 aromatic heterocycles. The Labute approximate surface area is 206 Å². The second-order valence-corrected chi connectivity index (χ2v) is 7.93. The van der Waals surface area contributed by atoms with Crippen molar-refractivity contribution in [1.82, 2.24) is 5.32 Å². The molecule has 0 amide bonds. The van der Waals surface area contributed by atoms with Crippen molar-refractivity contribution in [2.24, 2.45) is 0 Å². The van der Waals surface area contributed by atoms with Crippen molar-refractivity contribution in [3.8, 4) is 11.5 Å². The lowest BCUT2D eigenvalue weighted by Crippen LogP contribution is -2.32. The van der Waals surface area contributed by atoms with Gasteiger partial charge in [0.25, 0.3) is 10.9 Å². The van der Waals surface area contributed by atoms with Crippen molar-refractivity contribution in [1.29, 1.82) is 0 Å². The summed E-state index contributed by atoms with van der Waals surface area (Å²) in [5.41, 5.74) is 0.709. The van der Waals surface area contributed by atoms with Gasteiger partial charge in [-0.15, -0.1) is 12.4 Å². The Morgan fingerprint density at radius 1 is 0.857 bits per heavy atom. The second-order valence-electron chi connectivity index (χ2n) is 7.93. The fourth-order valence-corrected chi connectivity index (χ4v) is 3.79. The average Bonchev–Trinajstić information content (AvgIpc) is 2.84. The van der Waals surface area contributed by atoms with Gasteiger partial charge in [-0.3, -0.25) is 14.9 Å². The number of halogens is 3. The van der Waals surface area contributed by atoms with E-state index in [1.54, 1.807) is 44.4 Å². The van der Waals surface area contributed by atoms with Crippen molar-refractivity contribution in [3.05, 3.63) is 116 Å². The van der Waals surface area contributed by atoms with Gasteiger partial charge in [0.05, 0.1) is 13.2 Å². The molecule has 0 saturated heterocycles. The van der Waals surface area contributed by atoms with Crippen molar-refractivity contribution in [2.45, 2.75) is 19.0 Å². The third-order valence-electron chi connectivity index (χ3n) is 5.63. The molecule has 0 fully saturated rings. The lowest BCUT2D eigenvalue weighted by Gasteiger charge is -2.25. The molecule has 0 saturated carbocycles.